The van der Waals surface area contributed by atoms with E-state index < -0.39 is 51.6 Å². The number of nitrogens with two attached hydrogens (primary N) is 1. The van der Waals surface area contributed by atoms with Gasteiger partial charge in [0, 0.05) is 28.9 Å². The van der Waals surface area contributed by atoms with Gasteiger partial charge in [-0.05, 0) is 30.3 Å². The molecule has 0 fully saturated rings. The van der Waals surface area contributed by atoms with Crippen molar-refractivity contribution in [3.05, 3.63) is 75.6 Å². The third-order valence-corrected chi connectivity index (χ3v) is 4.50. The molecule has 34 heavy (non-hydrogen) atoms. The molecule has 0 saturated heterocycles. The molecule has 0 unspecified atom stereocenters. The molecule has 1 amide bonds. The van der Waals surface area contributed by atoms with Crippen LogP contribution in [0, 0.1) is 0 Å². The van der Waals surface area contributed by atoms with Gasteiger partial charge in [0.2, 0.25) is 0 Å². The summed E-state index contributed by atoms with van der Waals surface area (Å²) in [5.74, 6) is -1.51. The topological polar surface area (TPSA) is 113 Å². The van der Waals surface area contributed by atoms with Gasteiger partial charge in [0.1, 0.15) is 10.8 Å². The predicted molar refractivity (Wildman–Crippen MR) is 113 cm³/mol. The molecule has 14 heteroatoms. The number of aliphatic imine (C=N–C) groups is 1. The molecule has 0 saturated carbocycles. The Labute approximate surface area is 191 Å². The molecule has 0 atom stereocenters. The minimum atomic E-state index is -5.21. The van der Waals surface area contributed by atoms with Crippen LogP contribution in [-0.4, -0.2) is 27.8 Å². The van der Waals surface area contributed by atoms with Gasteiger partial charge >= 0.3 is 12.4 Å². The molecule has 4 N–H and O–H groups in total. The summed E-state index contributed by atoms with van der Waals surface area (Å²) in [4.78, 5) is 33.4. The minimum absolute atomic E-state index is 0.0408. The van der Waals surface area contributed by atoms with Crippen molar-refractivity contribution < 1.29 is 31.1 Å². The van der Waals surface area contributed by atoms with Crippen molar-refractivity contribution in [2.24, 2.45) is 10.7 Å². The summed E-state index contributed by atoms with van der Waals surface area (Å²) in [6.45, 7) is 0. The lowest BCUT2D eigenvalue weighted by molar-refractivity contribution is -0.141. The summed E-state index contributed by atoms with van der Waals surface area (Å²) in [6.07, 6.45) is -8.62. The largest absolute Gasteiger partial charge is 0.434 e. The van der Waals surface area contributed by atoms with E-state index in [1.54, 1.807) is 0 Å². The fraction of sp³-hybridized carbons (Fsp3) is 0.100. The second kappa shape index (κ2) is 9.17. The number of aromatic nitrogens is 2. The summed E-state index contributed by atoms with van der Waals surface area (Å²) in [6, 6.07) is 6.33. The lowest BCUT2D eigenvalue weighted by atomic mass is 10.1. The maximum absolute atomic E-state index is 13.9. The number of nitrogens with one attached hydrogen (secondary N) is 2. The first-order valence-electron chi connectivity index (χ1n) is 9.06. The molecule has 7 nitrogen and oxygen atoms in total. The number of pyridine rings is 2. The molecule has 2 aromatic heterocycles. The van der Waals surface area contributed by atoms with E-state index in [1.165, 1.54) is 30.5 Å². The van der Waals surface area contributed by atoms with Crippen LogP contribution in [0.4, 0.5) is 37.7 Å². The number of H-pyrrole nitrogens is 1. The Morgan fingerprint density at radius 3 is 2.44 bits per heavy atom. The lowest BCUT2D eigenvalue weighted by Gasteiger charge is -2.15. The molecular formula is C20H12ClF6N5O2. The van der Waals surface area contributed by atoms with E-state index in [-0.39, 0.29) is 16.5 Å². The quantitative estimate of drug-likeness (QED) is 0.207. The first-order chi connectivity index (χ1) is 15.8. The van der Waals surface area contributed by atoms with Crippen molar-refractivity contribution in [3.8, 4) is 0 Å². The number of aromatic amines is 1. The summed E-state index contributed by atoms with van der Waals surface area (Å²) in [7, 11) is 0. The number of carbonyl (C=O) groups excluding carboxylic acids is 1. The molecule has 0 aliphatic heterocycles. The van der Waals surface area contributed by atoms with Crippen LogP contribution in [0.5, 0.6) is 0 Å². The number of halogens is 7. The number of anilines is 1. The zero-order valence-electron chi connectivity index (χ0n) is 16.6. The number of nitrogens with zero attached hydrogens (tertiary/aromatic N) is 2. The molecule has 3 rings (SSSR count). The summed E-state index contributed by atoms with van der Waals surface area (Å²) in [5.41, 5.74) is -0.579. The predicted octanol–water partition coefficient (Wildman–Crippen LogP) is 4.71. The van der Waals surface area contributed by atoms with Crippen LogP contribution >= 0.6 is 11.6 Å². The van der Waals surface area contributed by atoms with Crippen LogP contribution in [0.3, 0.4) is 0 Å². The van der Waals surface area contributed by atoms with Gasteiger partial charge < -0.3 is 16.0 Å². The highest BCUT2D eigenvalue weighted by Crippen LogP contribution is 2.32. The van der Waals surface area contributed by atoms with Gasteiger partial charge in [-0.2, -0.15) is 26.3 Å². The number of amides is 1. The highest BCUT2D eigenvalue weighted by atomic mass is 35.5. The number of hydrogen-bond acceptors (Lipinski definition) is 5. The number of carbonyl (C=O) groups is 1. The average molecular weight is 504 g/mol. The second-order valence-electron chi connectivity index (χ2n) is 6.60. The van der Waals surface area contributed by atoms with Crippen molar-refractivity contribution in [3.63, 3.8) is 0 Å². The zero-order chi connectivity index (χ0) is 25.3. The first-order valence-corrected chi connectivity index (χ1v) is 9.43. The number of hydrogen-bond donors (Lipinski definition) is 3. The Bertz CT molecular complexity index is 1380. The lowest BCUT2D eigenvalue weighted by Crippen LogP contribution is -2.32. The fourth-order valence-corrected chi connectivity index (χ4v) is 3.08. The van der Waals surface area contributed by atoms with E-state index >= 15 is 0 Å². The van der Waals surface area contributed by atoms with Crippen molar-refractivity contribution >= 4 is 45.4 Å². The number of fused-ring (bicyclic) bond motifs is 1. The minimum Gasteiger partial charge on any atom is -0.404 e. The molecule has 0 aliphatic carbocycles. The molecular weight excluding hydrogens is 492 g/mol. The average Bonchev–Trinajstić information content (AvgIpc) is 2.72. The Kier molecular flexibility index (Phi) is 6.68. The molecule has 3 aromatic rings. The van der Waals surface area contributed by atoms with E-state index in [0.29, 0.717) is 12.3 Å². The monoisotopic (exact) mass is 503 g/mol. The third-order valence-electron chi connectivity index (χ3n) is 4.30. The second-order valence-corrected chi connectivity index (χ2v) is 6.99. The molecule has 178 valence electrons. The molecule has 0 spiro atoms. The Balaban J connectivity index is 2.07. The van der Waals surface area contributed by atoms with Crippen molar-refractivity contribution in [1.82, 2.24) is 9.97 Å². The van der Waals surface area contributed by atoms with Crippen LogP contribution in [0.25, 0.3) is 10.8 Å². The highest BCUT2D eigenvalue weighted by molar-refractivity contribution is 6.30. The molecule has 0 radical (unpaired) electrons. The van der Waals surface area contributed by atoms with Crippen LogP contribution in [0.15, 0.2) is 64.2 Å². The van der Waals surface area contributed by atoms with E-state index in [2.05, 4.69) is 15.0 Å². The van der Waals surface area contributed by atoms with Crippen molar-refractivity contribution in [2.45, 2.75) is 12.4 Å². The fourth-order valence-electron chi connectivity index (χ4n) is 2.87. The molecule has 1 aromatic carbocycles. The van der Waals surface area contributed by atoms with E-state index in [0.717, 1.165) is 6.07 Å². The smallest absolute Gasteiger partial charge is 0.404 e. The highest BCUT2D eigenvalue weighted by Gasteiger charge is 2.41. The van der Waals surface area contributed by atoms with Crippen molar-refractivity contribution in [2.75, 3.05) is 5.32 Å². The van der Waals surface area contributed by atoms with Gasteiger partial charge in [0.15, 0.2) is 5.71 Å². The van der Waals surface area contributed by atoms with Crippen LogP contribution in [-0.2, 0) is 11.0 Å². The summed E-state index contributed by atoms with van der Waals surface area (Å²) >= 11 is 5.53. The Morgan fingerprint density at radius 2 is 1.82 bits per heavy atom. The normalized spacial score (nSPS) is 13.3. The Hall–Kier alpha value is -3.87. The van der Waals surface area contributed by atoms with Crippen LogP contribution in [0.2, 0.25) is 5.15 Å². The van der Waals surface area contributed by atoms with Gasteiger partial charge in [0.25, 0.3) is 11.5 Å². The molecule has 0 bridgehead atoms. The van der Waals surface area contributed by atoms with Gasteiger partial charge in [0.05, 0.1) is 11.3 Å². The number of alkyl halides is 6. The molecule has 0 aliphatic rings. The van der Waals surface area contributed by atoms with Crippen LogP contribution < -0.4 is 16.6 Å². The zero-order valence-corrected chi connectivity index (χ0v) is 17.3. The number of rotatable bonds is 4. The van der Waals surface area contributed by atoms with E-state index in [1.807, 2.05) is 5.32 Å². The summed E-state index contributed by atoms with van der Waals surface area (Å²) < 4.78 is 80.4. The van der Waals surface area contributed by atoms with E-state index in [4.69, 9.17) is 17.3 Å². The molecule has 2 heterocycles. The third kappa shape index (κ3) is 5.36. The summed E-state index contributed by atoms with van der Waals surface area (Å²) in [5, 5.41) is 1.32. The maximum atomic E-state index is 13.9. The van der Waals surface area contributed by atoms with Gasteiger partial charge in [-0.3, -0.25) is 9.59 Å². The Morgan fingerprint density at radius 1 is 1.12 bits per heavy atom. The SMILES string of the molecule is NC=C(C(=O)Nc1cc(Cl)nc(C(F)(F)F)c1)C(=Nc1cccc2c(=O)[nH]ccc12)C(F)(F)F. The van der Waals surface area contributed by atoms with Gasteiger partial charge in [-0.25, -0.2) is 9.98 Å². The van der Waals surface area contributed by atoms with Gasteiger partial charge in [-0.15, -0.1) is 0 Å². The number of benzene rings is 1. The first kappa shape index (κ1) is 24.8. The van der Waals surface area contributed by atoms with E-state index in [9.17, 15) is 35.9 Å². The van der Waals surface area contributed by atoms with Crippen LogP contribution in [0.1, 0.15) is 5.69 Å². The standard InChI is InChI=1S/C20H12ClF6N5O2/c21-15-7-9(6-14(32-15)19(22,23)24)30-18(34)12(8-28)16(20(25,26)27)31-13-3-1-2-11-10(13)4-5-29-17(11)33/h1-8H,28H2,(H,29,33)(H,30,32,34). The van der Waals surface area contributed by atoms with Crippen molar-refractivity contribution in [1.29, 1.82) is 0 Å². The maximum Gasteiger partial charge on any atom is 0.434 e. The van der Waals surface area contributed by atoms with Gasteiger partial charge in [-0.1, -0.05) is 17.7 Å².